The Bertz CT molecular complexity index is 287. The molecule has 84 valence electrons. The highest BCUT2D eigenvalue weighted by Gasteiger charge is 2.15. The second-order valence-corrected chi connectivity index (χ2v) is 3.52. The summed E-state index contributed by atoms with van der Waals surface area (Å²) < 4.78 is 23.8. The van der Waals surface area contributed by atoms with E-state index in [2.05, 4.69) is 5.32 Å². The third kappa shape index (κ3) is 4.36. The van der Waals surface area contributed by atoms with Crippen molar-refractivity contribution in [1.29, 1.82) is 0 Å². The number of halogens is 2. The van der Waals surface area contributed by atoms with E-state index in [0.717, 1.165) is 11.1 Å². The SMILES string of the molecule is Cc1ccc(CNCC(O)C(F)F)cc1. The molecule has 0 aliphatic rings. The third-order valence-electron chi connectivity index (χ3n) is 2.09. The molecule has 2 N–H and O–H groups in total. The molecule has 0 aliphatic carbocycles. The van der Waals surface area contributed by atoms with Gasteiger partial charge in [-0.3, -0.25) is 0 Å². The molecular weight excluding hydrogens is 200 g/mol. The second kappa shape index (κ2) is 5.78. The predicted octanol–water partition coefficient (Wildman–Crippen LogP) is 1.71. The first-order valence-corrected chi connectivity index (χ1v) is 4.82. The first-order chi connectivity index (χ1) is 7.09. The molecule has 15 heavy (non-hydrogen) atoms. The van der Waals surface area contributed by atoms with Gasteiger partial charge in [-0.15, -0.1) is 0 Å². The molecule has 0 amide bonds. The lowest BCUT2D eigenvalue weighted by atomic mass is 10.1. The van der Waals surface area contributed by atoms with Gasteiger partial charge < -0.3 is 10.4 Å². The van der Waals surface area contributed by atoms with E-state index in [9.17, 15) is 8.78 Å². The maximum atomic E-state index is 11.9. The summed E-state index contributed by atoms with van der Waals surface area (Å²) in [5, 5.41) is 11.6. The summed E-state index contributed by atoms with van der Waals surface area (Å²) in [4.78, 5) is 0. The van der Waals surface area contributed by atoms with Gasteiger partial charge in [-0.25, -0.2) is 8.78 Å². The Kier molecular flexibility index (Phi) is 4.65. The van der Waals surface area contributed by atoms with Crippen molar-refractivity contribution in [1.82, 2.24) is 5.32 Å². The fraction of sp³-hybridized carbons (Fsp3) is 0.455. The van der Waals surface area contributed by atoms with Gasteiger partial charge in [-0.1, -0.05) is 29.8 Å². The van der Waals surface area contributed by atoms with Crippen LogP contribution in [0.5, 0.6) is 0 Å². The molecule has 0 heterocycles. The van der Waals surface area contributed by atoms with Crippen LogP contribution in [0.2, 0.25) is 0 Å². The maximum absolute atomic E-state index is 11.9. The Hall–Kier alpha value is -1.00. The summed E-state index contributed by atoms with van der Waals surface area (Å²) in [6, 6.07) is 7.77. The molecular formula is C11H15F2NO. The minimum Gasteiger partial charge on any atom is -0.386 e. The molecule has 4 heteroatoms. The van der Waals surface area contributed by atoms with Crippen molar-refractivity contribution >= 4 is 0 Å². The van der Waals surface area contributed by atoms with Crippen LogP contribution >= 0.6 is 0 Å². The highest BCUT2D eigenvalue weighted by Crippen LogP contribution is 2.03. The number of hydrogen-bond donors (Lipinski definition) is 2. The Balaban J connectivity index is 2.29. The number of benzene rings is 1. The first kappa shape index (κ1) is 12.1. The first-order valence-electron chi connectivity index (χ1n) is 4.82. The van der Waals surface area contributed by atoms with E-state index >= 15 is 0 Å². The molecule has 0 saturated carbocycles. The van der Waals surface area contributed by atoms with Crippen LogP contribution in [0.25, 0.3) is 0 Å². The van der Waals surface area contributed by atoms with E-state index < -0.39 is 12.5 Å². The van der Waals surface area contributed by atoms with E-state index in [4.69, 9.17) is 5.11 Å². The number of aryl methyl sites for hydroxylation is 1. The zero-order valence-electron chi connectivity index (χ0n) is 8.58. The number of aliphatic hydroxyl groups excluding tert-OH is 1. The Morgan fingerprint density at radius 3 is 2.40 bits per heavy atom. The molecule has 0 fully saturated rings. The van der Waals surface area contributed by atoms with Crippen LogP contribution in [0.4, 0.5) is 8.78 Å². The topological polar surface area (TPSA) is 32.3 Å². The molecule has 0 radical (unpaired) electrons. The van der Waals surface area contributed by atoms with E-state index in [1.54, 1.807) is 0 Å². The van der Waals surface area contributed by atoms with E-state index in [-0.39, 0.29) is 6.54 Å². The lowest BCUT2D eigenvalue weighted by Crippen LogP contribution is -2.31. The zero-order chi connectivity index (χ0) is 11.3. The summed E-state index contributed by atoms with van der Waals surface area (Å²) in [7, 11) is 0. The van der Waals surface area contributed by atoms with Gasteiger partial charge in [0, 0.05) is 13.1 Å². The minimum atomic E-state index is -2.68. The quantitative estimate of drug-likeness (QED) is 0.783. The lowest BCUT2D eigenvalue weighted by Gasteiger charge is -2.10. The fourth-order valence-corrected chi connectivity index (χ4v) is 1.16. The lowest BCUT2D eigenvalue weighted by molar-refractivity contribution is -0.00340. The van der Waals surface area contributed by atoms with Crippen molar-refractivity contribution in [3.8, 4) is 0 Å². The largest absolute Gasteiger partial charge is 0.386 e. The van der Waals surface area contributed by atoms with Crippen LogP contribution < -0.4 is 5.32 Å². The minimum absolute atomic E-state index is 0.0917. The summed E-state index contributed by atoms with van der Waals surface area (Å²) >= 11 is 0. The van der Waals surface area contributed by atoms with Gasteiger partial charge in [0.1, 0.15) is 6.10 Å². The molecule has 1 unspecified atom stereocenters. The Labute approximate surface area is 87.9 Å². The molecule has 0 bridgehead atoms. The van der Waals surface area contributed by atoms with Crippen LogP contribution in [0.3, 0.4) is 0 Å². The number of hydrogen-bond acceptors (Lipinski definition) is 2. The van der Waals surface area contributed by atoms with Gasteiger partial charge in [0.25, 0.3) is 6.43 Å². The third-order valence-corrected chi connectivity index (χ3v) is 2.09. The van der Waals surface area contributed by atoms with Crippen molar-refractivity contribution in [2.75, 3.05) is 6.54 Å². The second-order valence-electron chi connectivity index (χ2n) is 3.52. The maximum Gasteiger partial charge on any atom is 0.265 e. The van der Waals surface area contributed by atoms with Crippen LogP contribution in [-0.4, -0.2) is 24.2 Å². The highest BCUT2D eigenvalue weighted by molar-refractivity contribution is 5.21. The molecule has 0 aromatic heterocycles. The molecule has 2 nitrogen and oxygen atoms in total. The van der Waals surface area contributed by atoms with Gasteiger partial charge in [0.2, 0.25) is 0 Å². The normalized spacial score (nSPS) is 13.1. The molecule has 0 spiro atoms. The monoisotopic (exact) mass is 215 g/mol. The highest BCUT2D eigenvalue weighted by atomic mass is 19.3. The van der Waals surface area contributed by atoms with E-state index in [1.165, 1.54) is 0 Å². The average molecular weight is 215 g/mol. The molecule has 0 aliphatic heterocycles. The summed E-state index contributed by atoms with van der Waals surface area (Å²) in [6.45, 7) is 2.38. The summed E-state index contributed by atoms with van der Waals surface area (Å²) in [6.07, 6.45) is -4.27. The molecule has 1 aromatic rings. The molecule has 1 rings (SSSR count). The average Bonchev–Trinajstić information content (AvgIpc) is 2.20. The fourth-order valence-electron chi connectivity index (χ4n) is 1.16. The number of rotatable bonds is 5. The summed E-state index contributed by atoms with van der Waals surface area (Å²) in [5.74, 6) is 0. The molecule has 1 atom stereocenters. The van der Waals surface area contributed by atoms with E-state index in [1.807, 2.05) is 31.2 Å². The van der Waals surface area contributed by atoms with Gasteiger partial charge in [-0.05, 0) is 12.5 Å². The number of nitrogens with one attached hydrogen (secondary N) is 1. The Morgan fingerprint density at radius 1 is 1.27 bits per heavy atom. The van der Waals surface area contributed by atoms with Gasteiger partial charge >= 0.3 is 0 Å². The van der Waals surface area contributed by atoms with Crippen molar-refractivity contribution < 1.29 is 13.9 Å². The van der Waals surface area contributed by atoms with Crippen LogP contribution in [0.15, 0.2) is 24.3 Å². The van der Waals surface area contributed by atoms with Gasteiger partial charge in [0.05, 0.1) is 0 Å². The summed E-state index contributed by atoms with van der Waals surface area (Å²) in [5.41, 5.74) is 2.17. The van der Waals surface area contributed by atoms with E-state index in [0.29, 0.717) is 6.54 Å². The van der Waals surface area contributed by atoms with Crippen molar-refractivity contribution in [3.05, 3.63) is 35.4 Å². The zero-order valence-corrected chi connectivity index (χ0v) is 8.58. The number of alkyl halides is 2. The van der Waals surface area contributed by atoms with Crippen molar-refractivity contribution in [3.63, 3.8) is 0 Å². The number of aliphatic hydroxyl groups is 1. The van der Waals surface area contributed by atoms with Gasteiger partial charge in [0.15, 0.2) is 0 Å². The Morgan fingerprint density at radius 2 is 1.87 bits per heavy atom. The molecule has 1 aromatic carbocycles. The van der Waals surface area contributed by atoms with Gasteiger partial charge in [-0.2, -0.15) is 0 Å². The van der Waals surface area contributed by atoms with Crippen molar-refractivity contribution in [2.45, 2.75) is 26.0 Å². The van der Waals surface area contributed by atoms with Crippen molar-refractivity contribution in [2.24, 2.45) is 0 Å². The predicted molar refractivity (Wildman–Crippen MR) is 54.9 cm³/mol. The van der Waals surface area contributed by atoms with Crippen LogP contribution in [0.1, 0.15) is 11.1 Å². The molecule has 0 saturated heterocycles. The smallest absolute Gasteiger partial charge is 0.265 e. The standard InChI is InChI=1S/C11H15F2NO/c1-8-2-4-9(5-3-8)6-14-7-10(15)11(12)13/h2-5,10-11,14-15H,6-7H2,1H3. The van der Waals surface area contributed by atoms with Crippen LogP contribution in [0, 0.1) is 6.92 Å². The van der Waals surface area contributed by atoms with Crippen LogP contribution in [-0.2, 0) is 6.54 Å².